The largest absolute Gasteiger partial charge is 0.271 e. The van der Waals surface area contributed by atoms with Crippen LogP contribution in [-0.4, -0.2) is 6.04 Å². The Hall–Kier alpha value is -0.380. The van der Waals surface area contributed by atoms with E-state index in [1.807, 2.05) is 11.3 Å². The van der Waals surface area contributed by atoms with Crippen LogP contribution in [0.1, 0.15) is 50.3 Å². The molecule has 1 fully saturated rings. The Morgan fingerprint density at radius 2 is 2.17 bits per heavy atom. The number of aryl methyl sites for hydroxylation is 1. The Bertz CT molecular complexity index is 315. The molecule has 2 nitrogen and oxygen atoms in total. The third kappa shape index (κ3) is 3.81. The van der Waals surface area contributed by atoms with Gasteiger partial charge in [-0.1, -0.05) is 32.3 Å². The lowest BCUT2D eigenvalue weighted by Crippen LogP contribution is -2.42. The van der Waals surface area contributed by atoms with Crippen LogP contribution in [0.15, 0.2) is 17.5 Å². The van der Waals surface area contributed by atoms with E-state index in [2.05, 4.69) is 29.9 Å². The van der Waals surface area contributed by atoms with E-state index in [1.165, 1.54) is 49.8 Å². The van der Waals surface area contributed by atoms with E-state index in [-0.39, 0.29) is 0 Å². The minimum atomic E-state index is 0.505. The molecule has 0 aromatic carbocycles. The van der Waals surface area contributed by atoms with Gasteiger partial charge in [-0.3, -0.25) is 11.3 Å². The van der Waals surface area contributed by atoms with E-state index in [1.54, 1.807) is 0 Å². The molecule has 1 aliphatic carbocycles. The summed E-state index contributed by atoms with van der Waals surface area (Å²) in [5, 5.41) is 2.16. The van der Waals surface area contributed by atoms with Gasteiger partial charge in [0.05, 0.1) is 0 Å². The Balaban J connectivity index is 1.78. The van der Waals surface area contributed by atoms with E-state index in [0.29, 0.717) is 6.04 Å². The molecular weight excluding hydrogens is 240 g/mol. The minimum absolute atomic E-state index is 0.505. The molecule has 0 bridgehead atoms. The summed E-state index contributed by atoms with van der Waals surface area (Å²) in [4.78, 5) is 1.48. The molecule has 102 valence electrons. The lowest BCUT2D eigenvalue weighted by atomic mass is 9.77. The molecule has 0 aliphatic heterocycles. The fraction of sp³-hybridized carbons (Fsp3) is 0.733. The van der Waals surface area contributed by atoms with Gasteiger partial charge in [-0.2, -0.15) is 0 Å². The molecule has 1 saturated carbocycles. The highest BCUT2D eigenvalue weighted by Gasteiger charge is 2.26. The van der Waals surface area contributed by atoms with Crippen molar-refractivity contribution in [2.75, 3.05) is 0 Å². The van der Waals surface area contributed by atoms with E-state index in [0.717, 1.165) is 11.8 Å². The molecule has 1 aliphatic rings. The van der Waals surface area contributed by atoms with Gasteiger partial charge in [-0.05, 0) is 49.0 Å². The molecule has 1 heterocycles. The molecule has 0 spiro atoms. The number of hydrogen-bond acceptors (Lipinski definition) is 3. The molecule has 0 saturated heterocycles. The summed E-state index contributed by atoms with van der Waals surface area (Å²) in [7, 11) is 0. The summed E-state index contributed by atoms with van der Waals surface area (Å²) in [6.45, 7) is 2.32. The highest BCUT2D eigenvalue weighted by Crippen LogP contribution is 2.33. The molecule has 1 atom stereocenters. The van der Waals surface area contributed by atoms with Gasteiger partial charge in [-0.25, -0.2) is 0 Å². The van der Waals surface area contributed by atoms with Crippen LogP contribution >= 0.6 is 11.3 Å². The lowest BCUT2D eigenvalue weighted by Gasteiger charge is -2.33. The highest BCUT2D eigenvalue weighted by molar-refractivity contribution is 7.09. The molecule has 0 radical (unpaired) electrons. The summed E-state index contributed by atoms with van der Waals surface area (Å²) >= 11 is 1.86. The first-order valence-corrected chi connectivity index (χ1v) is 8.20. The number of nitrogens with two attached hydrogens (primary N) is 1. The van der Waals surface area contributed by atoms with Gasteiger partial charge in [0.1, 0.15) is 0 Å². The van der Waals surface area contributed by atoms with E-state index in [4.69, 9.17) is 5.84 Å². The molecule has 1 aromatic rings. The molecule has 1 aromatic heterocycles. The van der Waals surface area contributed by atoms with Gasteiger partial charge in [0.2, 0.25) is 0 Å². The molecule has 3 heteroatoms. The number of hydrazine groups is 1. The summed E-state index contributed by atoms with van der Waals surface area (Å²) in [6, 6.07) is 4.87. The van der Waals surface area contributed by atoms with Crippen LogP contribution in [0.5, 0.6) is 0 Å². The average Bonchev–Trinajstić information content (AvgIpc) is 2.93. The van der Waals surface area contributed by atoms with Gasteiger partial charge < -0.3 is 0 Å². The first kappa shape index (κ1) is 14.0. The second-order valence-electron chi connectivity index (χ2n) is 5.58. The number of nitrogens with one attached hydrogen (secondary N) is 1. The second-order valence-corrected chi connectivity index (χ2v) is 6.61. The first-order valence-electron chi connectivity index (χ1n) is 7.32. The Labute approximate surface area is 115 Å². The zero-order valence-corrected chi connectivity index (χ0v) is 12.2. The van der Waals surface area contributed by atoms with Crippen LogP contribution in [0.3, 0.4) is 0 Å². The fourth-order valence-electron chi connectivity index (χ4n) is 3.21. The first-order chi connectivity index (χ1) is 8.83. The van der Waals surface area contributed by atoms with Crippen LogP contribution in [0.4, 0.5) is 0 Å². The van der Waals surface area contributed by atoms with Crippen molar-refractivity contribution in [1.82, 2.24) is 5.43 Å². The summed E-state index contributed by atoms with van der Waals surface area (Å²) in [5.74, 6) is 7.52. The van der Waals surface area contributed by atoms with Crippen LogP contribution in [-0.2, 0) is 6.42 Å². The third-order valence-corrected chi connectivity index (χ3v) is 5.47. The maximum Gasteiger partial charge on any atom is 0.0242 e. The van der Waals surface area contributed by atoms with Crippen LogP contribution in [0.25, 0.3) is 0 Å². The highest BCUT2D eigenvalue weighted by atomic mass is 32.1. The van der Waals surface area contributed by atoms with Crippen molar-refractivity contribution in [1.29, 1.82) is 0 Å². The summed E-state index contributed by atoms with van der Waals surface area (Å²) in [6.07, 6.45) is 9.22. The van der Waals surface area contributed by atoms with Crippen molar-refractivity contribution in [3.8, 4) is 0 Å². The Kier molecular flexibility index (Phi) is 5.67. The molecule has 18 heavy (non-hydrogen) atoms. The van der Waals surface area contributed by atoms with Crippen molar-refractivity contribution < 1.29 is 0 Å². The van der Waals surface area contributed by atoms with Crippen LogP contribution in [0.2, 0.25) is 0 Å². The Morgan fingerprint density at radius 3 is 2.72 bits per heavy atom. The van der Waals surface area contributed by atoms with Crippen molar-refractivity contribution in [3.05, 3.63) is 22.4 Å². The monoisotopic (exact) mass is 266 g/mol. The SMILES string of the molecule is CCC1CCC(C(CCc2cccs2)NN)CC1. The van der Waals surface area contributed by atoms with Gasteiger partial charge in [0.15, 0.2) is 0 Å². The molecule has 3 N–H and O–H groups in total. The van der Waals surface area contributed by atoms with Crippen molar-refractivity contribution >= 4 is 11.3 Å². The van der Waals surface area contributed by atoms with E-state index < -0.39 is 0 Å². The van der Waals surface area contributed by atoms with E-state index in [9.17, 15) is 0 Å². The normalized spacial score (nSPS) is 26.1. The number of hydrogen-bond donors (Lipinski definition) is 2. The van der Waals surface area contributed by atoms with Gasteiger partial charge in [0, 0.05) is 10.9 Å². The maximum atomic E-state index is 5.76. The van der Waals surface area contributed by atoms with E-state index >= 15 is 0 Å². The Morgan fingerprint density at radius 1 is 1.39 bits per heavy atom. The van der Waals surface area contributed by atoms with Gasteiger partial charge in [-0.15, -0.1) is 11.3 Å². The standard InChI is InChI=1S/C15H26N2S/c1-2-12-5-7-13(8-6-12)15(17-16)10-9-14-4-3-11-18-14/h3-4,11-13,15,17H,2,5-10,16H2,1H3. The third-order valence-electron chi connectivity index (χ3n) is 4.53. The zero-order chi connectivity index (χ0) is 12.8. The smallest absolute Gasteiger partial charge is 0.0242 e. The lowest BCUT2D eigenvalue weighted by molar-refractivity contribution is 0.212. The van der Waals surface area contributed by atoms with Gasteiger partial charge >= 0.3 is 0 Å². The topological polar surface area (TPSA) is 38.0 Å². The summed E-state index contributed by atoms with van der Waals surface area (Å²) < 4.78 is 0. The molecule has 1 unspecified atom stereocenters. The van der Waals surface area contributed by atoms with Crippen LogP contribution in [0, 0.1) is 11.8 Å². The molecule has 2 rings (SSSR count). The van der Waals surface area contributed by atoms with Crippen molar-refractivity contribution in [2.45, 2.75) is 57.9 Å². The predicted octanol–water partition coefficient (Wildman–Crippen LogP) is 3.73. The number of thiophene rings is 1. The van der Waals surface area contributed by atoms with Crippen LogP contribution < -0.4 is 11.3 Å². The quantitative estimate of drug-likeness (QED) is 0.608. The molecule has 0 amide bonds. The minimum Gasteiger partial charge on any atom is -0.271 e. The summed E-state index contributed by atoms with van der Waals surface area (Å²) in [5.41, 5.74) is 3.07. The molecular formula is C15H26N2S. The number of rotatable bonds is 6. The fourth-order valence-corrected chi connectivity index (χ4v) is 3.93. The maximum absolute atomic E-state index is 5.76. The second kappa shape index (κ2) is 7.27. The predicted molar refractivity (Wildman–Crippen MR) is 79.5 cm³/mol. The average molecular weight is 266 g/mol. The zero-order valence-electron chi connectivity index (χ0n) is 11.4. The van der Waals surface area contributed by atoms with Crippen molar-refractivity contribution in [3.63, 3.8) is 0 Å². The van der Waals surface area contributed by atoms with Crippen molar-refractivity contribution in [2.24, 2.45) is 17.7 Å². The van der Waals surface area contributed by atoms with Gasteiger partial charge in [0.25, 0.3) is 0 Å².